The van der Waals surface area contributed by atoms with Gasteiger partial charge in [0.2, 0.25) is 0 Å². The van der Waals surface area contributed by atoms with E-state index >= 15 is 0 Å². The maximum absolute atomic E-state index is 11.6. The molecule has 0 bridgehead atoms. The van der Waals surface area contributed by atoms with Crippen molar-refractivity contribution in [2.24, 2.45) is 5.92 Å². The Morgan fingerprint density at radius 3 is 2.67 bits per heavy atom. The van der Waals surface area contributed by atoms with Crippen LogP contribution in [0.4, 0.5) is 0 Å². The molecule has 112 valence electrons. The molecule has 1 aromatic carbocycles. The third kappa shape index (κ3) is 3.10. The number of rotatable bonds is 4. The molecule has 0 aliphatic carbocycles. The second-order valence-corrected chi connectivity index (χ2v) is 5.55. The number of nitrogens with zero attached hydrogens (tertiary/aromatic N) is 2. The highest BCUT2D eigenvalue weighted by Gasteiger charge is 2.20. The van der Waals surface area contributed by atoms with E-state index in [0.717, 1.165) is 22.6 Å². The van der Waals surface area contributed by atoms with Gasteiger partial charge in [0.15, 0.2) is 0 Å². The Morgan fingerprint density at radius 1 is 1.38 bits per heavy atom. The average molecular weight is 307 g/mol. The van der Waals surface area contributed by atoms with Gasteiger partial charge in [0.25, 0.3) is 0 Å². The first-order chi connectivity index (χ1) is 9.95. The molecule has 0 aliphatic heterocycles. The van der Waals surface area contributed by atoms with Gasteiger partial charge >= 0.3 is 5.97 Å². The zero-order chi connectivity index (χ0) is 15.6. The zero-order valence-corrected chi connectivity index (χ0v) is 13.4. The number of ether oxygens (including phenoxy) is 1. The molecule has 0 radical (unpaired) electrons. The lowest BCUT2D eigenvalue weighted by atomic mass is 10.00. The molecule has 1 aromatic heterocycles. The lowest BCUT2D eigenvalue weighted by Gasteiger charge is -2.10. The first kappa shape index (κ1) is 15.6. The number of esters is 1. The Hall–Kier alpha value is -1.81. The number of hydrogen-bond acceptors (Lipinski definition) is 3. The van der Waals surface area contributed by atoms with Crippen molar-refractivity contribution in [1.29, 1.82) is 0 Å². The fourth-order valence-electron chi connectivity index (χ4n) is 2.42. The van der Waals surface area contributed by atoms with Gasteiger partial charge in [-0.25, -0.2) is 4.68 Å². The number of benzene rings is 1. The predicted molar refractivity (Wildman–Crippen MR) is 82.9 cm³/mol. The van der Waals surface area contributed by atoms with Gasteiger partial charge in [0, 0.05) is 5.69 Å². The van der Waals surface area contributed by atoms with Crippen molar-refractivity contribution in [3.63, 3.8) is 0 Å². The molecule has 2 rings (SSSR count). The minimum absolute atomic E-state index is 0.198. The summed E-state index contributed by atoms with van der Waals surface area (Å²) < 4.78 is 6.62. The number of halogens is 1. The first-order valence-electron chi connectivity index (χ1n) is 6.83. The van der Waals surface area contributed by atoms with E-state index in [2.05, 4.69) is 5.10 Å². The van der Waals surface area contributed by atoms with Crippen LogP contribution in [0.15, 0.2) is 24.3 Å². The lowest BCUT2D eigenvalue weighted by Crippen LogP contribution is -2.15. The van der Waals surface area contributed by atoms with E-state index in [9.17, 15) is 4.79 Å². The van der Waals surface area contributed by atoms with Crippen molar-refractivity contribution in [3.8, 4) is 5.69 Å². The number of aryl methyl sites for hydroxylation is 1. The van der Waals surface area contributed by atoms with E-state index < -0.39 is 0 Å². The van der Waals surface area contributed by atoms with Crippen LogP contribution < -0.4 is 0 Å². The molecule has 1 heterocycles. The summed E-state index contributed by atoms with van der Waals surface area (Å²) in [6.07, 6.45) is 0.606. The summed E-state index contributed by atoms with van der Waals surface area (Å²) in [5.74, 6) is -0.407. The Kier molecular flexibility index (Phi) is 4.68. The maximum atomic E-state index is 11.6. The minimum Gasteiger partial charge on any atom is -0.469 e. The van der Waals surface area contributed by atoms with Crippen molar-refractivity contribution >= 4 is 17.6 Å². The van der Waals surface area contributed by atoms with Crippen molar-refractivity contribution in [2.75, 3.05) is 7.11 Å². The SMILES string of the molecule is COC(=O)C(C)Cc1c(C)nn(-c2ccccc2Cl)c1C. The number of hydrogen-bond donors (Lipinski definition) is 0. The maximum Gasteiger partial charge on any atom is 0.308 e. The van der Waals surface area contributed by atoms with Gasteiger partial charge in [0.1, 0.15) is 0 Å². The molecular weight excluding hydrogens is 288 g/mol. The number of para-hydroxylation sites is 1. The third-order valence-electron chi connectivity index (χ3n) is 3.64. The standard InChI is InChI=1S/C16H19ClN2O2/c1-10(16(20)21-4)9-13-11(2)18-19(12(13)3)15-8-6-5-7-14(15)17/h5-8,10H,9H2,1-4H3. The molecule has 21 heavy (non-hydrogen) atoms. The van der Waals surface area contributed by atoms with Crippen LogP contribution in [0.1, 0.15) is 23.9 Å². The number of carbonyl (C=O) groups excluding carboxylic acids is 1. The summed E-state index contributed by atoms with van der Waals surface area (Å²) in [6, 6.07) is 7.57. The molecule has 0 saturated heterocycles. The van der Waals surface area contributed by atoms with E-state index in [-0.39, 0.29) is 11.9 Å². The molecule has 0 saturated carbocycles. The highest BCUT2D eigenvalue weighted by molar-refractivity contribution is 6.32. The van der Waals surface area contributed by atoms with Gasteiger partial charge in [-0.15, -0.1) is 0 Å². The summed E-state index contributed by atoms with van der Waals surface area (Å²) >= 11 is 6.24. The summed E-state index contributed by atoms with van der Waals surface area (Å²) in [5, 5.41) is 5.21. The average Bonchev–Trinajstić information content (AvgIpc) is 2.74. The third-order valence-corrected chi connectivity index (χ3v) is 3.96. The molecule has 0 aliphatic rings. The van der Waals surface area contributed by atoms with Gasteiger partial charge < -0.3 is 4.74 Å². The molecule has 0 amide bonds. The molecule has 0 spiro atoms. The second-order valence-electron chi connectivity index (χ2n) is 5.14. The lowest BCUT2D eigenvalue weighted by molar-refractivity contribution is -0.144. The van der Waals surface area contributed by atoms with Crippen molar-refractivity contribution in [3.05, 3.63) is 46.2 Å². The topological polar surface area (TPSA) is 44.1 Å². The van der Waals surface area contributed by atoms with E-state index in [1.54, 1.807) is 0 Å². The Balaban J connectivity index is 2.39. The van der Waals surface area contributed by atoms with Crippen LogP contribution in [-0.4, -0.2) is 22.9 Å². The fraction of sp³-hybridized carbons (Fsp3) is 0.375. The van der Waals surface area contributed by atoms with Crippen LogP contribution >= 0.6 is 11.6 Å². The van der Waals surface area contributed by atoms with Crippen LogP contribution in [0.3, 0.4) is 0 Å². The number of aromatic nitrogens is 2. The molecule has 5 heteroatoms. The summed E-state index contributed by atoms with van der Waals surface area (Å²) in [4.78, 5) is 11.6. The van der Waals surface area contributed by atoms with Crippen LogP contribution in [0.5, 0.6) is 0 Å². The van der Waals surface area contributed by atoms with Crippen molar-refractivity contribution in [2.45, 2.75) is 27.2 Å². The minimum atomic E-state index is -0.209. The molecular formula is C16H19ClN2O2. The van der Waals surface area contributed by atoms with Gasteiger partial charge in [-0.3, -0.25) is 4.79 Å². The summed E-state index contributed by atoms with van der Waals surface area (Å²) in [5.41, 5.74) is 3.81. The first-order valence-corrected chi connectivity index (χ1v) is 7.21. The Bertz CT molecular complexity index is 664. The quantitative estimate of drug-likeness (QED) is 0.812. The van der Waals surface area contributed by atoms with E-state index in [1.165, 1.54) is 7.11 Å². The Morgan fingerprint density at radius 2 is 2.05 bits per heavy atom. The highest BCUT2D eigenvalue weighted by Crippen LogP contribution is 2.25. The van der Waals surface area contributed by atoms with Crippen molar-refractivity contribution in [1.82, 2.24) is 9.78 Å². The molecule has 0 N–H and O–H groups in total. The van der Waals surface area contributed by atoms with Crippen LogP contribution in [0.2, 0.25) is 5.02 Å². The van der Waals surface area contributed by atoms with Crippen LogP contribution in [0.25, 0.3) is 5.69 Å². The van der Waals surface area contributed by atoms with Gasteiger partial charge in [0.05, 0.1) is 29.4 Å². The van der Waals surface area contributed by atoms with Crippen LogP contribution in [0, 0.1) is 19.8 Å². The molecule has 1 unspecified atom stereocenters. The molecule has 2 aromatic rings. The second kappa shape index (κ2) is 6.31. The number of carbonyl (C=O) groups is 1. The smallest absolute Gasteiger partial charge is 0.308 e. The predicted octanol–water partition coefficient (Wildman–Crippen LogP) is 3.49. The summed E-state index contributed by atoms with van der Waals surface area (Å²) in [6.45, 7) is 5.79. The Labute approximate surface area is 129 Å². The van der Waals surface area contributed by atoms with E-state index in [0.29, 0.717) is 11.4 Å². The largest absolute Gasteiger partial charge is 0.469 e. The van der Waals surface area contributed by atoms with Gasteiger partial charge in [-0.05, 0) is 38.0 Å². The normalized spacial score (nSPS) is 12.2. The van der Waals surface area contributed by atoms with Gasteiger partial charge in [-0.1, -0.05) is 30.7 Å². The van der Waals surface area contributed by atoms with Gasteiger partial charge in [-0.2, -0.15) is 5.10 Å². The highest BCUT2D eigenvalue weighted by atomic mass is 35.5. The van der Waals surface area contributed by atoms with E-state index in [1.807, 2.05) is 49.7 Å². The fourth-order valence-corrected chi connectivity index (χ4v) is 2.63. The molecule has 1 atom stereocenters. The molecule has 4 nitrogen and oxygen atoms in total. The molecule has 0 fully saturated rings. The van der Waals surface area contributed by atoms with E-state index in [4.69, 9.17) is 16.3 Å². The van der Waals surface area contributed by atoms with Crippen LogP contribution in [-0.2, 0) is 16.0 Å². The van der Waals surface area contributed by atoms with Crippen molar-refractivity contribution < 1.29 is 9.53 Å². The monoisotopic (exact) mass is 306 g/mol. The number of methoxy groups -OCH3 is 1. The summed E-state index contributed by atoms with van der Waals surface area (Å²) in [7, 11) is 1.41. The zero-order valence-electron chi connectivity index (χ0n) is 12.7.